The van der Waals surface area contributed by atoms with E-state index in [0.29, 0.717) is 23.8 Å². The number of nitrogens with two attached hydrogens (primary N) is 1. The van der Waals surface area contributed by atoms with E-state index in [2.05, 4.69) is 0 Å². The minimum Gasteiger partial charge on any atom is -0.493 e. The van der Waals surface area contributed by atoms with Gasteiger partial charge in [-0.2, -0.15) is 0 Å². The minimum atomic E-state index is 0.0400. The quantitative estimate of drug-likeness (QED) is 0.820. The van der Waals surface area contributed by atoms with Gasteiger partial charge in [0.25, 0.3) is 0 Å². The Kier molecular flexibility index (Phi) is 5.09. The second kappa shape index (κ2) is 6.35. The maximum atomic E-state index is 11.4. The third kappa shape index (κ3) is 4.00. The Balaban J connectivity index is 2.64. The van der Waals surface area contributed by atoms with Crippen molar-refractivity contribution in [1.29, 1.82) is 0 Å². The average Bonchev–Trinajstić information content (AvgIpc) is 2.30. The number of carbonyl (C=O) groups excluding carboxylic acids is 1. The highest BCUT2D eigenvalue weighted by atomic mass is 32.1. The van der Waals surface area contributed by atoms with Crippen LogP contribution in [0, 0.1) is 6.92 Å². The van der Waals surface area contributed by atoms with Gasteiger partial charge >= 0.3 is 0 Å². The van der Waals surface area contributed by atoms with E-state index in [0.717, 1.165) is 11.1 Å². The Hall–Kier alpha value is -1.62. The van der Waals surface area contributed by atoms with Gasteiger partial charge in [0.15, 0.2) is 0 Å². The topological polar surface area (TPSA) is 55.6 Å². The number of aryl methyl sites for hydroxylation is 1. The zero-order chi connectivity index (χ0) is 13.7. The molecule has 2 N–H and O–H groups in total. The number of hydrogen-bond donors (Lipinski definition) is 1. The van der Waals surface area contributed by atoms with Gasteiger partial charge in [-0.15, -0.1) is 0 Å². The number of rotatable bonds is 5. The van der Waals surface area contributed by atoms with Crippen LogP contribution >= 0.6 is 12.2 Å². The molecule has 0 aliphatic carbocycles. The lowest BCUT2D eigenvalue weighted by atomic mass is 10.1. The molecule has 0 heterocycles. The van der Waals surface area contributed by atoms with Gasteiger partial charge in [-0.3, -0.25) is 4.79 Å². The molecule has 0 fully saturated rings. The van der Waals surface area contributed by atoms with E-state index >= 15 is 0 Å². The van der Waals surface area contributed by atoms with Crippen molar-refractivity contribution in [2.75, 3.05) is 20.7 Å². The van der Waals surface area contributed by atoms with Gasteiger partial charge in [0.05, 0.1) is 13.0 Å². The number of amides is 1. The Labute approximate surface area is 113 Å². The first-order valence-electron chi connectivity index (χ1n) is 5.65. The lowest BCUT2D eigenvalue weighted by molar-refractivity contribution is -0.129. The van der Waals surface area contributed by atoms with Crippen molar-refractivity contribution in [3.63, 3.8) is 0 Å². The summed E-state index contributed by atoms with van der Waals surface area (Å²) in [6.07, 6.45) is 0.351. The molecule has 0 aromatic heterocycles. The highest BCUT2D eigenvalue weighted by Crippen LogP contribution is 2.19. The van der Waals surface area contributed by atoms with Crippen molar-refractivity contribution in [2.24, 2.45) is 5.73 Å². The van der Waals surface area contributed by atoms with E-state index in [9.17, 15) is 4.79 Å². The summed E-state index contributed by atoms with van der Waals surface area (Å²) in [4.78, 5) is 13.3. The SMILES string of the molecule is Cc1ccc(C(N)=S)cc1OCCC(=O)N(C)C. The summed E-state index contributed by atoms with van der Waals surface area (Å²) in [5, 5.41) is 0. The molecule has 0 spiro atoms. The molecule has 0 saturated heterocycles. The van der Waals surface area contributed by atoms with E-state index in [1.165, 1.54) is 0 Å². The normalized spacial score (nSPS) is 9.94. The van der Waals surface area contributed by atoms with Gasteiger partial charge in [-0.05, 0) is 18.6 Å². The fourth-order valence-electron chi connectivity index (χ4n) is 1.38. The molecular formula is C13H18N2O2S. The van der Waals surface area contributed by atoms with Crippen LogP contribution in [0.1, 0.15) is 17.5 Å². The molecule has 0 saturated carbocycles. The summed E-state index contributed by atoms with van der Waals surface area (Å²) < 4.78 is 5.59. The van der Waals surface area contributed by atoms with Gasteiger partial charge < -0.3 is 15.4 Å². The van der Waals surface area contributed by atoms with Crippen LogP contribution in [0.2, 0.25) is 0 Å². The van der Waals surface area contributed by atoms with E-state index < -0.39 is 0 Å². The van der Waals surface area contributed by atoms with Crippen LogP contribution < -0.4 is 10.5 Å². The molecule has 0 aliphatic heterocycles. The number of ether oxygens (including phenoxy) is 1. The summed E-state index contributed by atoms with van der Waals surface area (Å²) in [7, 11) is 3.45. The van der Waals surface area contributed by atoms with Gasteiger partial charge in [-0.25, -0.2) is 0 Å². The zero-order valence-corrected chi connectivity index (χ0v) is 11.7. The fraction of sp³-hybridized carbons (Fsp3) is 0.385. The van der Waals surface area contributed by atoms with Crippen LogP contribution in [-0.4, -0.2) is 36.5 Å². The van der Waals surface area contributed by atoms with Gasteiger partial charge in [-0.1, -0.05) is 24.4 Å². The second-order valence-electron chi connectivity index (χ2n) is 4.23. The standard InChI is InChI=1S/C13H18N2O2S/c1-9-4-5-10(13(14)18)8-11(9)17-7-6-12(16)15(2)3/h4-5,8H,6-7H2,1-3H3,(H2,14,18). The first-order chi connectivity index (χ1) is 8.41. The predicted octanol–water partition coefficient (Wildman–Crippen LogP) is 1.49. The molecule has 0 aliphatic rings. The summed E-state index contributed by atoms with van der Waals surface area (Å²) in [6, 6.07) is 5.56. The third-order valence-corrected chi connectivity index (χ3v) is 2.78. The highest BCUT2D eigenvalue weighted by Gasteiger charge is 2.06. The number of carbonyl (C=O) groups is 1. The van der Waals surface area contributed by atoms with Crippen LogP contribution in [0.25, 0.3) is 0 Å². The van der Waals surface area contributed by atoms with Crippen LogP contribution in [0.15, 0.2) is 18.2 Å². The van der Waals surface area contributed by atoms with Crippen molar-refractivity contribution in [3.8, 4) is 5.75 Å². The van der Waals surface area contributed by atoms with E-state index in [1.54, 1.807) is 25.1 Å². The molecule has 18 heavy (non-hydrogen) atoms. The first-order valence-corrected chi connectivity index (χ1v) is 6.06. The maximum absolute atomic E-state index is 11.4. The summed E-state index contributed by atoms with van der Waals surface area (Å²) in [5.74, 6) is 0.755. The molecule has 0 radical (unpaired) electrons. The van der Waals surface area contributed by atoms with E-state index in [4.69, 9.17) is 22.7 Å². The molecule has 0 bridgehead atoms. The summed E-state index contributed by atoms with van der Waals surface area (Å²) in [6.45, 7) is 2.28. The molecule has 5 heteroatoms. The lowest BCUT2D eigenvalue weighted by Gasteiger charge is -2.13. The van der Waals surface area contributed by atoms with Crippen molar-refractivity contribution < 1.29 is 9.53 Å². The number of thiocarbonyl (C=S) groups is 1. The highest BCUT2D eigenvalue weighted by molar-refractivity contribution is 7.80. The molecule has 98 valence electrons. The predicted molar refractivity (Wildman–Crippen MR) is 75.9 cm³/mol. The summed E-state index contributed by atoms with van der Waals surface area (Å²) in [5.41, 5.74) is 7.33. The Morgan fingerprint density at radius 2 is 2.11 bits per heavy atom. The number of nitrogens with zero attached hydrogens (tertiary/aromatic N) is 1. The minimum absolute atomic E-state index is 0.0400. The Morgan fingerprint density at radius 1 is 1.44 bits per heavy atom. The maximum Gasteiger partial charge on any atom is 0.225 e. The molecule has 0 unspecified atom stereocenters. The largest absolute Gasteiger partial charge is 0.493 e. The number of hydrogen-bond acceptors (Lipinski definition) is 3. The second-order valence-corrected chi connectivity index (χ2v) is 4.67. The molecule has 1 aromatic rings. The van der Waals surface area contributed by atoms with Crippen molar-refractivity contribution >= 4 is 23.1 Å². The van der Waals surface area contributed by atoms with Crippen molar-refractivity contribution in [2.45, 2.75) is 13.3 Å². The van der Waals surface area contributed by atoms with Crippen LogP contribution in [-0.2, 0) is 4.79 Å². The van der Waals surface area contributed by atoms with Gasteiger partial charge in [0.1, 0.15) is 10.7 Å². The Bertz CT molecular complexity index is 458. The van der Waals surface area contributed by atoms with Crippen molar-refractivity contribution in [3.05, 3.63) is 29.3 Å². The molecule has 4 nitrogen and oxygen atoms in total. The molecule has 1 aromatic carbocycles. The van der Waals surface area contributed by atoms with Crippen LogP contribution in [0.4, 0.5) is 0 Å². The molecule has 0 atom stereocenters. The molecular weight excluding hydrogens is 248 g/mol. The van der Waals surface area contributed by atoms with E-state index in [1.807, 2.05) is 19.1 Å². The van der Waals surface area contributed by atoms with E-state index in [-0.39, 0.29) is 5.91 Å². The van der Waals surface area contributed by atoms with Gasteiger partial charge in [0, 0.05) is 19.7 Å². The average molecular weight is 266 g/mol. The van der Waals surface area contributed by atoms with Crippen molar-refractivity contribution in [1.82, 2.24) is 4.90 Å². The first kappa shape index (κ1) is 14.4. The lowest BCUT2D eigenvalue weighted by Crippen LogP contribution is -2.23. The smallest absolute Gasteiger partial charge is 0.225 e. The molecule has 1 rings (SSSR count). The third-order valence-electron chi connectivity index (χ3n) is 2.54. The summed E-state index contributed by atoms with van der Waals surface area (Å²) >= 11 is 4.91. The fourth-order valence-corrected chi connectivity index (χ4v) is 1.51. The molecule has 1 amide bonds. The number of benzene rings is 1. The Morgan fingerprint density at radius 3 is 2.67 bits per heavy atom. The van der Waals surface area contributed by atoms with Gasteiger partial charge in [0.2, 0.25) is 5.91 Å². The monoisotopic (exact) mass is 266 g/mol. The van der Waals surface area contributed by atoms with Crippen LogP contribution in [0.3, 0.4) is 0 Å². The van der Waals surface area contributed by atoms with Crippen LogP contribution in [0.5, 0.6) is 5.75 Å². The zero-order valence-electron chi connectivity index (χ0n) is 10.9.